The average molecular weight is 359 g/mol. The second kappa shape index (κ2) is 6.11. The van der Waals surface area contributed by atoms with Gasteiger partial charge in [-0.2, -0.15) is 0 Å². The highest BCUT2D eigenvalue weighted by Crippen LogP contribution is 2.29. The van der Waals surface area contributed by atoms with E-state index in [2.05, 4.69) is 16.0 Å². The van der Waals surface area contributed by atoms with Crippen LogP contribution in [0.5, 0.6) is 0 Å². The molecule has 2 aromatic rings. The van der Waals surface area contributed by atoms with Crippen molar-refractivity contribution in [3.8, 4) is 0 Å². The van der Waals surface area contributed by atoms with Crippen molar-refractivity contribution in [2.45, 2.75) is 3.79 Å². The summed E-state index contributed by atoms with van der Waals surface area (Å²) >= 11 is 16.9. The van der Waals surface area contributed by atoms with Crippen molar-refractivity contribution < 1.29 is 4.79 Å². The predicted molar refractivity (Wildman–Crippen MR) is 90.8 cm³/mol. The molecular weight excluding hydrogens is 345 g/mol. The number of carbonyl (C=O) groups excluding carboxylic acids is 1. The Bertz CT molecular complexity index is 694. The summed E-state index contributed by atoms with van der Waals surface area (Å²) in [6.45, 7) is 2.36. The molecule has 1 aromatic carbocycles. The van der Waals surface area contributed by atoms with Crippen molar-refractivity contribution in [2.24, 2.45) is 0 Å². The Hall–Kier alpha value is -1.23. The summed E-state index contributed by atoms with van der Waals surface area (Å²) in [5.74, 6) is 0.434. The van der Waals surface area contributed by atoms with Gasteiger partial charge in [-0.05, 0) is 18.2 Å². The van der Waals surface area contributed by atoms with Crippen LogP contribution in [-0.4, -0.2) is 45.8 Å². The molecule has 1 aliphatic rings. The van der Waals surface area contributed by atoms with E-state index in [-0.39, 0.29) is 0 Å². The zero-order valence-corrected chi connectivity index (χ0v) is 13.9. The maximum Gasteiger partial charge on any atom is 0.274 e. The topological polar surface area (TPSA) is 36.4 Å². The molecule has 0 spiro atoms. The van der Waals surface area contributed by atoms with Gasteiger partial charge in [0.2, 0.25) is 0 Å². The minimum Gasteiger partial charge on any atom is -0.353 e. The maximum absolute atomic E-state index is 11.9. The van der Waals surface area contributed by atoms with Crippen molar-refractivity contribution in [3.63, 3.8) is 0 Å². The van der Waals surface area contributed by atoms with Crippen molar-refractivity contribution >= 4 is 57.4 Å². The van der Waals surface area contributed by atoms with Gasteiger partial charge in [-0.3, -0.25) is 4.79 Å². The van der Waals surface area contributed by atoms with Gasteiger partial charge in [0.15, 0.2) is 0 Å². The van der Waals surface area contributed by atoms with E-state index in [0.29, 0.717) is 26.2 Å². The van der Waals surface area contributed by atoms with Gasteiger partial charge >= 0.3 is 0 Å². The van der Waals surface area contributed by atoms with Crippen LogP contribution in [0.2, 0.25) is 0 Å². The van der Waals surface area contributed by atoms with Crippen LogP contribution in [0.3, 0.4) is 0 Å². The van der Waals surface area contributed by atoms with E-state index in [9.17, 15) is 4.79 Å². The van der Waals surface area contributed by atoms with Gasteiger partial charge in [0.1, 0.15) is 5.82 Å². The molecule has 1 fully saturated rings. The first-order valence-corrected chi connectivity index (χ1v) is 8.05. The number of hydrogen-bond acceptors (Lipinski definition) is 3. The molecule has 0 aliphatic carbocycles. The number of piperazine rings is 1. The quantitative estimate of drug-likeness (QED) is 0.734. The Kier molecular flexibility index (Phi) is 4.35. The highest BCUT2D eigenvalue weighted by atomic mass is 35.6. The second-order valence-electron chi connectivity index (χ2n) is 5.14. The van der Waals surface area contributed by atoms with Gasteiger partial charge in [-0.15, -0.1) is 0 Å². The number of amides is 1. The fourth-order valence-corrected chi connectivity index (χ4v) is 2.91. The van der Waals surface area contributed by atoms with Crippen LogP contribution in [0.1, 0.15) is 0 Å². The van der Waals surface area contributed by atoms with Crippen LogP contribution in [-0.2, 0) is 4.79 Å². The molecule has 0 unspecified atom stereocenters. The molecule has 0 bridgehead atoms. The van der Waals surface area contributed by atoms with Gasteiger partial charge in [-0.1, -0.05) is 53.0 Å². The van der Waals surface area contributed by atoms with Gasteiger partial charge in [0.25, 0.3) is 9.70 Å². The molecule has 0 saturated carbocycles. The SMILES string of the molecule is O=C(N1CCN(c2ccc3ccccc3n2)CC1)C(Cl)(Cl)Cl. The van der Waals surface area contributed by atoms with Crippen molar-refractivity contribution in [2.75, 3.05) is 31.1 Å². The Balaban J connectivity index is 1.71. The molecule has 116 valence electrons. The number of hydrogen-bond donors (Lipinski definition) is 0. The summed E-state index contributed by atoms with van der Waals surface area (Å²) in [5.41, 5.74) is 0.958. The lowest BCUT2D eigenvalue weighted by Gasteiger charge is -2.36. The van der Waals surface area contributed by atoms with Crippen LogP contribution in [0.15, 0.2) is 36.4 Å². The monoisotopic (exact) mass is 357 g/mol. The molecule has 1 saturated heterocycles. The fraction of sp³-hybridized carbons (Fsp3) is 0.333. The first kappa shape index (κ1) is 15.7. The highest BCUT2D eigenvalue weighted by Gasteiger charge is 2.36. The summed E-state index contributed by atoms with van der Waals surface area (Å²) in [4.78, 5) is 20.3. The largest absolute Gasteiger partial charge is 0.353 e. The molecule has 22 heavy (non-hydrogen) atoms. The summed E-state index contributed by atoms with van der Waals surface area (Å²) in [7, 11) is 0. The summed E-state index contributed by atoms with van der Waals surface area (Å²) in [6, 6.07) is 12.0. The lowest BCUT2D eigenvalue weighted by Crippen LogP contribution is -2.52. The van der Waals surface area contributed by atoms with E-state index in [1.807, 2.05) is 30.3 Å². The number of pyridine rings is 1. The van der Waals surface area contributed by atoms with Crippen LogP contribution in [0, 0.1) is 0 Å². The normalized spacial score (nSPS) is 16.1. The van der Waals surface area contributed by atoms with E-state index in [0.717, 1.165) is 16.7 Å². The number of benzene rings is 1. The van der Waals surface area contributed by atoms with Gasteiger partial charge in [0.05, 0.1) is 5.52 Å². The third-order valence-electron chi connectivity index (χ3n) is 3.72. The zero-order chi connectivity index (χ0) is 15.7. The first-order valence-electron chi connectivity index (χ1n) is 6.92. The number of para-hydroxylation sites is 1. The van der Waals surface area contributed by atoms with E-state index < -0.39 is 9.70 Å². The summed E-state index contributed by atoms with van der Waals surface area (Å²) in [6.07, 6.45) is 0. The molecule has 0 radical (unpaired) electrons. The third kappa shape index (κ3) is 3.24. The molecule has 1 amide bonds. The molecule has 3 rings (SSSR count). The molecule has 0 atom stereocenters. The number of alkyl halides is 3. The number of rotatable bonds is 1. The average Bonchev–Trinajstić information content (AvgIpc) is 2.53. The Morgan fingerprint density at radius 2 is 1.68 bits per heavy atom. The van der Waals surface area contributed by atoms with Crippen LogP contribution >= 0.6 is 34.8 Å². The number of fused-ring (bicyclic) bond motifs is 1. The van der Waals surface area contributed by atoms with Gasteiger partial charge in [0, 0.05) is 31.6 Å². The molecule has 7 heteroatoms. The number of anilines is 1. The second-order valence-corrected chi connectivity index (χ2v) is 7.42. The van der Waals surface area contributed by atoms with Crippen LogP contribution in [0.4, 0.5) is 5.82 Å². The van der Waals surface area contributed by atoms with E-state index >= 15 is 0 Å². The predicted octanol–water partition coefficient (Wildman–Crippen LogP) is 3.25. The molecule has 2 heterocycles. The molecule has 0 N–H and O–H groups in total. The number of aromatic nitrogens is 1. The van der Waals surface area contributed by atoms with Crippen molar-refractivity contribution in [1.82, 2.24) is 9.88 Å². The van der Waals surface area contributed by atoms with Crippen LogP contribution < -0.4 is 4.90 Å². The Labute approximate surface area is 143 Å². The molecule has 4 nitrogen and oxygen atoms in total. The minimum atomic E-state index is -1.89. The smallest absolute Gasteiger partial charge is 0.274 e. The Morgan fingerprint density at radius 1 is 1.00 bits per heavy atom. The van der Waals surface area contributed by atoms with E-state index in [1.165, 1.54) is 0 Å². The van der Waals surface area contributed by atoms with E-state index in [1.54, 1.807) is 4.90 Å². The maximum atomic E-state index is 11.9. The summed E-state index contributed by atoms with van der Waals surface area (Å²) in [5, 5.41) is 1.11. The van der Waals surface area contributed by atoms with Crippen molar-refractivity contribution in [1.29, 1.82) is 0 Å². The number of nitrogens with zero attached hydrogens (tertiary/aromatic N) is 3. The standard InChI is InChI=1S/C15H14Cl3N3O/c16-15(17,18)14(22)21-9-7-20(8-10-21)13-6-5-11-3-1-2-4-12(11)19-13/h1-6H,7-10H2. The summed E-state index contributed by atoms with van der Waals surface area (Å²) < 4.78 is -1.89. The molecular formula is C15H14Cl3N3O. The lowest BCUT2D eigenvalue weighted by atomic mass is 10.2. The van der Waals surface area contributed by atoms with Crippen molar-refractivity contribution in [3.05, 3.63) is 36.4 Å². The Morgan fingerprint density at radius 3 is 2.36 bits per heavy atom. The molecule has 1 aromatic heterocycles. The fourth-order valence-electron chi connectivity index (χ4n) is 2.55. The highest BCUT2D eigenvalue weighted by molar-refractivity contribution is 6.76. The van der Waals surface area contributed by atoms with Gasteiger partial charge < -0.3 is 9.80 Å². The minimum absolute atomic E-state index is 0.469. The lowest BCUT2D eigenvalue weighted by molar-refractivity contribution is -0.130. The number of halogens is 3. The van der Waals surface area contributed by atoms with E-state index in [4.69, 9.17) is 34.8 Å². The first-order chi connectivity index (χ1) is 10.4. The number of carbonyl (C=O) groups is 1. The third-order valence-corrected chi connectivity index (χ3v) is 4.20. The van der Waals surface area contributed by atoms with Gasteiger partial charge in [-0.25, -0.2) is 4.98 Å². The van der Waals surface area contributed by atoms with Crippen LogP contribution in [0.25, 0.3) is 10.9 Å². The zero-order valence-electron chi connectivity index (χ0n) is 11.7. The molecule has 1 aliphatic heterocycles.